The average Bonchev–Trinajstić information content (AvgIpc) is 2.60. The number of methoxy groups -OCH3 is 1. The summed E-state index contributed by atoms with van der Waals surface area (Å²) in [5.41, 5.74) is -0.109. The number of rotatable bonds is 3. The van der Waals surface area contributed by atoms with Crippen molar-refractivity contribution in [2.75, 3.05) is 12.0 Å². The van der Waals surface area contributed by atoms with Crippen molar-refractivity contribution in [2.24, 2.45) is 0 Å². The number of nitrogens with one attached hydrogen (secondary N) is 1. The summed E-state index contributed by atoms with van der Waals surface area (Å²) in [5, 5.41) is 2.05. The van der Waals surface area contributed by atoms with E-state index in [1.165, 1.54) is 31.4 Å². The SMILES string of the molecule is COc1ccc(Br)cc1C=C1C(=O)NC(=O)N(c2ccccc2F)C1=O. The van der Waals surface area contributed by atoms with Crippen molar-refractivity contribution >= 4 is 45.5 Å². The molecule has 1 heterocycles. The highest BCUT2D eigenvalue weighted by Crippen LogP contribution is 2.28. The van der Waals surface area contributed by atoms with Gasteiger partial charge in [0.15, 0.2) is 0 Å². The van der Waals surface area contributed by atoms with Gasteiger partial charge in [-0.3, -0.25) is 14.9 Å². The number of halogens is 2. The second-order valence-electron chi connectivity index (χ2n) is 5.30. The van der Waals surface area contributed by atoms with Crippen LogP contribution in [0.5, 0.6) is 5.75 Å². The summed E-state index contributed by atoms with van der Waals surface area (Å²) in [4.78, 5) is 37.6. The molecular formula is C18H12BrFN2O4. The Hall–Kier alpha value is -3.00. The largest absolute Gasteiger partial charge is 0.496 e. The third-order valence-corrected chi connectivity index (χ3v) is 4.18. The third kappa shape index (κ3) is 3.23. The van der Waals surface area contributed by atoms with Crippen LogP contribution in [0.15, 0.2) is 52.5 Å². The predicted octanol–water partition coefficient (Wildman–Crippen LogP) is 3.26. The summed E-state index contributed by atoms with van der Waals surface area (Å²) in [5.74, 6) is -2.12. The molecule has 4 amide bonds. The van der Waals surface area contributed by atoms with Gasteiger partial charge in [0.05, 0.1) is 12.8 Å². The van der Waals surface area contributed by atoms with Crippen LogP contribution in [0.25, 0.3) is 6.08 Å². The quantitative estimate of drug-likeness (QED) is 0.612. The van der Waals surface area contributed by atoms with Crippen LogP contribution >= 0.6 is 15.9 Å². The molecule has 0 atom stereocenters. The van der Waals surface area contributed by atoms with Crippen molar-refractivity contribution in [3.05, 3.63) is 63.9 Å². The molecule has 6 nitrogen and oxygen atoms in total. The van der Waals surface area contributed by atoms with Gasteiger partial charge < -0.3 is 4.74 Å². The fourth-order valence-corrected chi connectivity index (χ4v) is 2.86. The summed E-state index contributed by atoms with van der Waals surface area (Å²) in [6.45, 7) is 0. The van der Waals surface area contributed by atoms with Crippen molar-refractivity contribution in [1.82, 2.24) is 5.32 Å². The standard InChI is InChI=1S/C18H12BrFN2O4/c1-26-15-7-6-11(19)8-10(15)9-12-16(23)21-18(25)22(17(12)24)14-5-3-2-4-13(14)20/h2-9H,1H3,(H,21,23,25). The first-order valence-electron chi connectivity index (χ1n) is 7.42. The number of imide groups is 2. The molecule has 0 aliphatic carbocycles. The molecule has 0 spiro atoms. The monoisotopic (exact) mass is 418 g/mol. The Morgan fingerprint density at radius 2 is 1.88 bits per heavy atom. The van der Waals surface area contributed by atoms with Crippen LogP contribution in [0.2, 0.25) is 0 Å². The van der Waals surface area contributed by atoms with Gasteiger partial charge in [-0.05, 0) is 36.4 Å². The van der Waals surface area contributed by atoms with Crippen LogP contribution in [-0.2, 0) is 9.59 Å². The number of hydrogen-bond acceptors (Lipinski definition) is 4. The number of carbonyl (C=O) groups excluding carboxylic acids is 3. The molecule has 2 aromatic rings. The highest BCUT2D eigenvalue weighted by Gasteiger charge is 2.38. The van der Waals surface area contributed by atoms with Gasteiger partial charge in [0.2, 0.25) is 0 Å². The maximum atomic E-state index is 14.0. The number of carbonyl (C=O) groups is 3. The van der Waals surface area contributed by atoms with Crippen LogP contribution in [0.1, 0.15) is 5.56 Å². The highest BCUT2D eigenvalue weighted by molar-refractivity contribution is 9.10. The van der Waals surface area contributed by atoms with Gasteiger partial charge in [-0.1, -0.05) is 28.1 Å². The maximum absolute atomic E-state index is 14.0. The zero-order chi connectivity index (χ0) is 18.8. The third-order valence-electron chi connectivity index (χ3n) is 3.69. The molecule has 0 radical (unpaired) electrons. The van der Waals surface area contributed by atoms with E-state index in [0.717, 1.165) is 6.07 Å². The molecule has 1 fully saturated rings. The van der Waals surface area contributed by atoms with Crippen LogP contribution in [0.3, 0.4) is 0 Å². The zero-order valence-electron chi connectivity index (χ0n) is 13.5. The Balaban J connectivity index is 2.09. The van der Waals surface area contributed by atoms with Crippen molar-refractivity contribution in [3.8, 4) is 5.75 Å². The van der Waals surface area contributed by atoms with E-state index >= 15 is 0 Å². The van der Waals surface area contributed by atoms with Crippen LogP contribution in [0, 0.1) is 5.82 Å². The van der Waals surface area contributed by atoms with Crippen molar-refractivity contribution in [1.29, 1.82) is 0 Å². The number of urea groups is 1. The van der Waals surface area contributed by atoms with Gasteiger partial charge in [-0.2, -0.15) is 0 Å². The summed E-state index contributed by atoms with van der Waals surface area (Å²) in [7, 11) is 1.45. The number of barbiturate groups is 1. The minimum absolute atomic E-state index is 0.241. The number of para-hydroxylation sites is 1. The number of anilines is 1. The lowest BCUT2D eigenvalue weighted by atomic mass is 10.1. The summed E-state index contributed by atoms with van der Waals surface area (Å²) in [6, 6.07) is 9.34. The Bertz CT molecular complexity index is 958. The van der Waals surface area contributed by atoms with E-state index in [1.807, 2.05) is 5.32 Å². The van der Waals surface area contributed by atoms with E-state index in [1.54, 1.807) is 18.2 Å². The fourth-order valence-electron chi connectivity index (χ4n) is 2.48. The maximum Gasteiger partial charge on any atom is 0.336 e. The minimum Gasteiger partial charge on any atom is -0.496 e. The highest BCUT2D eigenvalue weighted by atomic mass is 79.9. The van der Waals surface area contributed by atoms with Gasteiger partial charge in [0.25, 0.3) is 11.8 Å². The Morgan fingerprint density at radius 3 is 2.58 bits per heavy atom. The lowest BCUT2D eigenvalue weighted by Gasteiger charge is -2.26. The van der Waals surface area contributed by atoms with E-state index in [2.05, 4.69) is 15.9 Å². The predicted molar refractivity (Wildman–Crippen MR) is 96.1 cm³/mol. The molecule has 0 saturated carbocycles. The summed E-state index contributed by atoms with van der Waals surface area (Å²) < 4.78 is 20.0. The Labute approximate surface area is 156 Å². The first kappa shape index (κ1) is 17.8. The summed E-state index contributed by atoms with van der Waals surface area (Å²) in [6.07, 6.45) is 1.29. The molecule has 0 aromatic heterocycles. The van der Waals surface area contributed by atoms with E-state index in [9.17, 15) is 18.8 Å². The van der Waals surface area contributed by atoms with Crippen molar-refractivity contribution in [2.45, 2.75) is 0 Å². The number of ether oxygens (including phenoxy) is 1. The van der Waals surface area contributed by atoms with Gasteiger partial charge in [-0.25, -0.2) is 14.1 Å². The zero-order valence-corrected chi connectivity index (χ0v) is 15.0. The fraction of sp³-hybridized carbons (Fsp3) is 0.0556. The van der Waals surface area contributed by atoms with E-state index in [4.69, 9.17) is 4.74 Å². The van der Waals surface area contributed by atoms with Crippen molar-refractivity contribution in [3.63, 3.8) is 0 Å². The number of benzene rings is 2. The topological polar surface area (TPSA) is 75.7 Å². The van der Waals surface area contributed by atoms with Crippen LogP contribution < -0.4 is 15.0 Å². The first-order valence-corrected chi connectivity index (χ1v) is 8.21. The van der Waals surface area contributed by atoms with Gasteiger partial charge in [0.1, 0.15) is 17.1 Å². The van der Waals surface area contributed by atoms with Crippen LogP contribution in [0.4, 0.5) is 14.9 Å². The molecule has 132 valence electrons. The molecule has 1 aliphatic heterocycles. The number of hydrogen-bond donors (Lipinski definition) is 1. The van der Waals surface area contributed by atoms with Crippen molar-refractivity contribution < 1.29 is 23.5 Å². The van der Waals surface area contributed by atoms with Crippen LogP contribution in [-0.4, -0.2) is 25.0 Å². The molecule has 0 bridgehead atoms. The first-order chi connectivity index (χ1) is 12.4. The lowest BCUT2D eigenvalue weighted by Crippen LogP contribution is -2.54. The molecule has 26 heavy (non-hydrogen) atoms. The average molecular weight is 419 g/mol. The van der Waals surface area contributed by atoms with E-state index < -0.39 is 23.7 Å². The van der Waals surface area contributed by atoms with Gasteiger partial charge in [-0.15, -0.1) is 0 Å². The number of nitrogens with zero attached hydrogens (tertiary/aromatic N) is 1. The second kappa shape index (κ2) is 7.09. The van der Waals surface area contributed by atoms with Gasteiger partial charge in [0, 0.05) is 10.0 Å². The molecule has 2 aromatic carbocycles. The minimum atomic E-state index is -1.01. The lowest BCUT2D eigenvalue weighted by molar-refractivity contribution is -0.122. The molecule has 1 aliphatic rings. The van der Waals surface area contributed by atoms with E-state index in [0.29, 0.717) is 20.7 Å². The molecule has 1 saturated heterocycles. The molecule has 1 N–H and O–H groups in total. The molecule has 0 unspecified atom stereocenters. The summed E-state index contributed by atoms with van der Waals surface area (Å²) >= 11 is 3.30. The molecular weight excluding hydrogens is 407 g/mol. The molecule has 8 heteroatoms. The van der Waals surface area contributed by atoms with Gasteiger partial charge >= 0.3 is 6.03 Å². The Morgan fingerprint density at radius 1 is 1.15 bits per heavy atom. The molecule has 3 rings (SSSR count). The smallest absolute Gasteiger partial charge is 0.336 e. The normalized spacial score (nSPS) is 16.0. The van der Waals surface area contributed by atoms with E-state index in [-0.39, 0.29) is 11.3 Å². The second-order valence-corrected chi connectivity index (χ2v) is 6.21. The Kier molecular flexibility index (Phi) is 4.85. The number of amides is 4.